The first kappa shape index (κ1) is 10.5. The summed E-state index contributed by atoms with van der Waals surface area (Å²) in [6.07, 6.45) is -1.88. The Morgan fingerprint density at radius 3 is 2.54 bits per heavy atom. The van der Waals surface area contributed by atoms with E-state index >= 15 is 0 Å². The van der Waals surface area contributed by atoms with E-state index in [1.165, 1.54) is 18.5 Å². The van der Waals surface area contributed by atoms with Gasteiger partial charge in [0, 0.05) is 16.9 Å². The first-order chi connectivity index (χ1) is 5.93. The molecule has 2 nitrogen and oxygen atoms in total. The van der Waals surface area contributed by atoms with Crippen LogP contribution in [-0.2, 0) is 0 Å². The summed E-state index contributed by atoms with van der Waals surface area (Å²) in [5.41, 5.74) is 4.98. The van der Waals surface area contributed by atoms with E-state index in [-0.39, 0.29) is 10.0 Å². The minimum Gasteiger partial charge on any atom is -0.316 e. The Morgan fingerprint density at radius 1 is 1.46 bits per heavy atom. The second kappa shape index (κ2) is 3.63. The Balaban J connectivity index is 3.02. The van der Waals surface area contributed by atoms with Crippen LogP contribution in [0.15, 0.2) is 22.9 Å². The van der Waals surface area contributed by atoms with Crippen molar-refractivity contribution in [2.75, 3.05) is 0 Å². The lowest BCUT2D eigenvalue weighted by Crippen LogP contribution is -2.28. The quantitative estimate of drug-likeness (QED) is 0.836. The number of rotatable bonds is 1. The topological polar surface area (TPSA) is 38.9 Å². The van der Waals surface area contributed by atoms with E-state index in [9.17, 15) is 13.2 Å². The van der Waals surface area contributed by atoms with Crippen LogP contribution in [0.3, 0.4) is 0 Å². The van der Waals surface area contributed by atoms with Crippen molar-refractivity contribution in [2.45, 2.75) is 12.2 Å². The maximum Gasteiger partial charge on any atom is 0.407 e. The monoisotopic (exact) mass is 254 g/mol. The van der Waals surface area contributed by atoms with Gasteiger partial charge in [0.25, 0.3) is 0 Å². The molecule has 0 spiro atoms. The molecule has 72 valence electrons. The molecule has 1 aromatic rings. The zero-order chi connectivity index (χ0) is 10.1. The Kier molecular flexibility index (Phi) is 2.92. The lowest BCUT2D eigenvalue weighted by Gasteiger charge is -2.16. The van der Waals surface area contributed by atoms with Gasteiger partial charge < -0.3 is 5.73 Å². The summed E-state index contributed by atoms with van der Waals surface area (Å²) < 4.78 is 36.7. The molecule has 0 aliphatic heterocycles. The summed E-state index contributed by atoms with van der Waals surface area (Å²) in [5, 5.41) is 0. The van der Waals surface area contributed by atoms with Crippen molar-refractivity contribution in [3.05, 3.63) is 28.5 Å². The first-order valence-electron chi connectivity index (χ1n) is 3.34. The second-order valence-electron chi connectivity index (χ2n) is 2.42. The van der Waals surface area contributed by atoms with Crippen LogP contribution in [0.5, 0.6) is 0 Å². The van der Waals surface area contributed by atoms with E-state index in [1.807, 2.05) is 0 Å². The van der Waals surface area contributed by atoms with Gasteiger partial charge >= 0.3 is 6.18 Å². The van der Waals surface area contributed by atoms with Crippen LogP contribution >= 0.6 is 15.9 Å². The van der Waals surface area contributed by atoms with E-state index in [0.717, 1.165) is 0 Å². The van der Waals surface area contributed by atoms with Gasteiger partial charge in [0.2, 0.25) is 0 Å². The van der Waals surface area contributed by atoms with Crippen molar-refractivity contribution >= 4 is 15.9 Å². The summed E-state index contributed by atoms with van der Waals surface area (Å²) in [4.78, 5) is 3.64. The molecule has 1 heterocycles. The van der Waals surface area contributed by atoms with Crippen molar-refractivity contribution in [1.29, 1.82) is 0 Å². The van der Waals surface area contributed by atoms with Crippen LogP contribution in [0.4, 0.5) is 13.2 Å². The lowest BCUT2D eigenvalue weighted by molar-refractivity contribution is -0.149. The fourth-order valence-corrected chi connectivity index (χ4v) is 1.31. The fourth-order valence-electron chi connectivity index (χ4n) is 0.814. The number of hydrogen-bond donors (Lipinski definition) is 1. The highest BCUT2D eigenvalue weighted by Gasteiger charge is 2.38. The Labute approximate surface area is 81.1 Å². The van der Waals surface area contributed by atoms with Gasteiger partial charge in [-0.2, -0.15) is 13.2 Å². The van der Waals surface area contributed by atoms with Crippen LogP contribution in [0.1, 0.15) is 11.6 Å². The molecule has 0 amide bonds. The second-order valence-corrected chi connectivity index (χ2v) is 3.27. The van der Waals surface area contributed by atoms with Crippen LogP contribution < -0.4 is 5.73 Å². The van der Waals surface area contributed by atoms with E-state index < -0.39 is 12.2 Å². The van der Waals surface area contributed by atoms with E-state index in [0.29, 0.717) is 0 Å². The van der Waals surface area contributed by atoms with Crippen molar-refractivity contribution < 1.29 is 13.2 Å². The molecule has 1 atom stereocenters. The highest BCUT2D eigenvalue weighted by atomic mass is 79.9. The fraction of sp³-hybridized carbons (Fsp3) is 0.286. The molecular formula is C7H6BrF3N2. The highest BCUT2D eigenvalue weighted by Crippen LogP contribution is 2.33. The molecule has 0 aliphatic rings. The first-order valence-corrected chi connectivity index (χ1v) is 4.14. The molecule has 0 radical (unpaired) electrons. The number of hydrogen-bond acceptors (Lipinski definition) is 2. The van der Waals surface area contributed by atoms with Crippen molar-refractivity contribution in [2.24, 2.45) is 5.73 Å². The molecule has 0 aromatic carbocycles. The van der Waals surface area contributed by atoms with E-state index in [2.05, 4.69) is 20.9 Å². The third-order valence-electron chi connectivity index (χ3n) is 1.49. The standard InChI is InChI=1S/C7H6BrF3N2/c8-5-3-13-2-1-4(5)6(12)7(9,10)11/h1-3,6H,12H2. The van der Waals surface area contributed by atoms with Crippen molar-refractivity contribution in [3.8, 4) is 0 Å². The maximum absolute atomic E-state index is 12.1. The minimum absolute atomic E-state index is 0.0116. The van der Waals surface area contributed by atoms with Gasteiger partial charge in [-0.25, -0.2) is 0 Å². The summed E-state index contributed by atoms with van der Waals surface area (Å²) in [6.45, 7) is 0. The number of pyridine rings is 1. The van der Waals surface area contributed by atoms with Crippen LogP contribution in [-0.4, -0.2) is 11.2 Å². The van der Waals surface area contributed by atoms with Crippen molar-refractivity contribution in [3.63, 3.8) is 0 Å². The number of alkyl halides is 3. The molecule has 0 saturated heterocycles. The largest absolute Gasteiger partial charge is 0.407 e. The third kappa shape index (κ3) is 2.41. The van der Waals surface area contributed by atoms with Gasteiger partial charge in [-0.15, -0.1) is 0 Å². The summed E-state index contributed by atoms with van der Waals surface area (Å²) in [6, 6.07) is -0.729. The molecule has 1 aromatic heterocycles. The highest BCUT2D eigenvalue weighted by molar-refractivity contribution is 9.10. The zero-order valence-corrected chi connectivity index (χ0v) is 7.93. The molecule has 2 N–H and O–H groups in total. The molecule has 0 aliphatic carbocycles. The molecular weight excluding hydrogens is 249 g/mol. The number of nitrogens with two attached hydrogens (primary N) is 1. The van der Waals surface area contributed by atoms with Crippen LogP contribution in [0.25, 0.3) is 0 Å². The maximum atomic E-state index is 12.1. The van der Waals surface area contributed by atoms with Gasteiger partial charge in [0.15, 0.2) is 0 Å². The average molecular weight is 255 g/mol. The number of halogens is 4. The predicted octanol–water partition coefficient (Wildman–Crippen LogP) is 2.41. The van der Waals surface area contributed by atoms with E-state index in [1.54, 1.807) is 0 Å². The normalized spacial score (nSPS) is 14.2. The van der Waals surface area contributed by atoms with Gasteiger partial charge in [0.1, 0.15) is 6.04 Å². The van der Waals surface area contributed by atoms with Gasteiger partial charge in [0.05, 0.1) is 0 Å². The molecule has 13 heavy (non-hydrogen) atoms. The van der Waals surface area contributed by atoms with Gasteiger partial charge in [-0.1, -0.05) is 0 Å². The zero-order valence-electron chi connectivity index (χ0n) is 6.35. The van der Waals surface area contributed by atoms with Crippen LogP contribution in [0.2, 0.25) is 0 Å². The molecule has 0 fully saturated rings. The minimum atomic E-state index is -4.43. The average Bonchev–Trinajstić information content (AvgIpc) is 2.02. The SMILES string of the molecule is NC(c1ccncc1Br)C(F)(F)F. The summed E-state index contributed by atoms with van der Waals surface area (Å²) in [5.74, 6) is 0. The molecule has 0 saturated carbocycles. The van der Waals surface area contributed by atoms with Crippen LogP contribution in [0, 0.1) is 0 Å². The Bertz CT molecular complexity index is 300. The smallest absolute Gasteiger partial charge is 0.316 e. The molecule has 0 bridgehead atoms. The molecule has 1 rings (SSSR count). The Hall–Kier alpha value is -0.620. The van der Waals surface area contributed by atoms with Crippen molar-refractivity contribution in [1.82, 2.24) is 4.98 Å². The molecule has 6 heteroatoms. The molecule has 1 unspecified atom stereocenters. The third-order valence-corrected chi connectivity index (χ3v) is 2.15. The lowest BCUT2D eigenvalue weighted by atomic mass is 10.1. The summed E-state index contributed by atoms with van der Waals surface area (Å²) in [7, 11) is 0. The van der Waals surface area contributed by atoms with Gasteiger partial charge in [-0.05, 0) is 27.6 Å². The Morgan fingerprint density at radius 2 is 2.08 bits per heavy atom. The number of nitrogens with zero attached hydrogens (tertiary/aromatic N) is 1. The number of aromatic nitrogens is 1. The predicted molar refractivity (Wildman–Crippen MR) is 44.9 cm³/mol. The van der Waals surface area contributed by atoms with E-state index in [4.69, 9.17) is 5.73 Å². The van der Waals surface area contributed by atoms with Gasteiger partial charge in [-0.3, -0.25) is 4.98 Å². The summed E-state index contributed by atoms with van der Waals surface area (Å²) >= 11 is 2.95.